The second-order valence-electron chi connectivity index (χ2n) is 8.47. The molecule has 0 radical (unpaired) electrons. The summed E-state index contributed by atoms with van der Waals surface area (Å²) in [5.74, 6) is 0.203. The van der Waals surface area contributed by atoms with Gasteiger partial charge >= 0.3 is 6.43 Å². The van der Waals surface area contributed by atoms with Crippen molar-refractivity contribution in [3.63, 3.8) is 0 Å². The zero-order valence-electron chi connectivity index (χ0n) is 16.9. The molecule has 9 heteroatoms. The Hall–Kier alpha value is -2.26. The molecule has 2 aliphatic heterocycles. The number of hydrogen-bond acceptors (Lipinski definition) is 4. The first kappa shape index (κ1) is 22.0. The molecule has 0 saturated carbocycles. The van der Waals surface area contributed by atoms with Gasteiger partial charge in [-0.2, -0.15) is 8.78 Å². The predicted molar refractivity (Wildman–Crippen MR) is 113 cm³/mol. The van der Waals surface area contributed by atoms with Gasteiger partial charge in [-0.25, -0.2) is 4.39 Å². The van der Waals surface area contributed by atoms with Crippen LogP contribution in [0.3, 0.4) is 0 Å². The summed E-state index contributed by atoms with van der Waals surface area (Å²) in [7, 11) is -0.616. The number of carbonyl (C=O) groups excluding carboxylic acids is 1. The highest BCUT2D eigenvalue weighted by molar-refractivity contribution is 7.86. The molecule has 166 valence electrons. The number of halogens is 3. The number of hydrogen-bond donors (Lipinski definition) is 1. The van der Waals surface area contributed by atoms with Crippen LogP contribution < -0.4 is 5.32 Å². The molecule has 2 saturated heterocycles. The van der Waals surface area contributed by atoms with Gasteiger partial charge in [0.2, 0.25) is 0 Å². The smallest absolute Gasteiger partial charge is 0.315 e. The molecule has 1 N–H and O–H groups in total. The molecular weight excluding hydrogens is 427 g/mol. The van der Waals surface area contributed by atoms with Gasteiger partial charge in [0.1, 0.15) is 6.67 Å². The van der Waals surface area contributed by atoms with Gasteiger partial charge in [0.05, 0.1) is 11.7 Å². The van der Waals surface area contributed by atoms with Crippen LogP contribution in [0.4, 0.5) is 13.2 Å². The number of nitrogens with zero attached hydrogens (tertiary/aromatic N) is 2. The van der Waals surface area contributed by atoms with E-state index in [1.807, 2.05) is 35.8 Å². The van der Waals surface area contributed by atoms with Gasteiger partial charge in [0.15, 0.2) is 0 Å². The summed E-state index contributed by atoms with van der Waals surface area (Å²) in [6.45, 7) is 1.84. The maximum Gasteiger partial charge on any atom is 0.315 e. The molecule has 1 amide bonds. The summed E-state index contributed by atoms with van der Waals surface area (Å²) in [6.07, 6.45) is -1.21. The van der Waals surface area contributed by atoms with Crippen molar-refractivity contribution in [2.24, 2.45) is 5.41 Å². The topological polar surface area (TPSA) is 62.3 Å². The van der Waals surface area contributed by atoms with Gasteiger partial charge in [-0.05, 0) is 23.6 Å². The molecule has 0 aliphatic carbocycles. The van der Waals surface area contributed by atoms with E-state index in [0.717, 1.165) is 53.5 Å². The Labute approximate surface area is 181 Å². The number of aromatic nitrogens is 1. The molecule has 1 atom stereocenters. The first-order valence-corrected chi connectivity index (χ1v) is 11.6. The van der Waals surface area contributed by atoms with E-state index in [-0.39, 0.29) is 11.8 Å². The van der Waals surface area contributed by atoms with Crippen LogP contribution in [0.1, 0.15) is 11.3 Å². The predicted octanol–water partition coefficient (Wildman–Crippen LogP) is 2.57. The molecule has 1 aromatic heterocycles. The molecule has 1 unspecified atom stereocenters. The number of carbonyl (C=O) groups is 1. The van der Waals surface area contributed by atoms with Gasteiger partial charge in [0.25, 0.3) is 5.91 Å². The van der Waals surface area contributed by atoms with Crippen LogP contribution in [-0.2, 0) is 28.6 Å². The zero-order valence-corrected chi connectivity index (χ0v) is 17.7. The zero-order chi connectivity index (χ0) is 22.0. The summed E-state index contributed by atoms with van der Waals surface area (Å²) in [4.78, 5) is 17.9. The minimum absolute atomic E-state index is 0.136. The maximum atomic E-state index is 13.1. The highest BCUT2D eigenvalue weighted by Crippen LogP contribution is 2.40. The molecule has 4 rings (SSSR count). The fourth-order valence-electron chi connectivity index (χ4n) is 4.28. The van der Waals surface area contributed by atoms with Crippen molar-refractivity contribution >= 4 is 16.7 Å². The van der Waals surface area contributed by atoms with Crippen molar-refractivity contribution in [1.29, 1.82) is 0 Å². The Morgan fingerprint density at radius 2 is 1.81 bits per heavy atom. The third kappa shape index (κ3) is 5.15. The average Bonchev–Trinajstić information content (AvgIpc) is 2.71. The van der Waals surface area contributed by atoms with Crippen LogP contribution >= 0.6 is 0 Å². The normalized spacial score (nSPS) is 19.1. The van der Waals surface area contributed by atoms with Crippen LogP contribution in [-0.4, -0.2) is 63.7 Å². The van der Waals surface area contributed by atoms with Crippen molar-refractivity contribution in [2.75, 3.05) is 31.3 Å². The van der Waals surface area contributed by atoms with Crippen LogP contribution in [0.5, 0.6) is 0 Å². The first-order chi connectivity index (χ1) is 14.9. The molecule has 1 spiro atoms. The first-order valence-electron chi connectivity index (χ1n) is 10.1. The number of pyridine rings is 1. The highest BCUT2D eigenvalue weighted by Gasteiger charge is 2.51. The average molecular weight is 452 g/mol. The van der Waals surface area contributed by atoms with Gasteiger partial charge in [-0.1, -0.05) is 30.3 Å². The fourth-order valence-corrected chi connectivity index (χ4v) is 5.93. The lowest BCUT2D eigenvalue weighted by Crippen LogP contribution is -2.66. The van der Waals surface area contributed by atoms with E-state index in [0.29, 0.717) is 0 Å². The van der Waals surface area contributed by atoms with Crippen molar-refractivity contribution < 1.29 is 22.2 Å². The van der Waals surface area contributed by atoms with Crippen LogP contribution in [0.15, 0.2) is 42.6 Å². The molecule has 5 nitrogen and oxygen atoms in total. The Morgan fingerprint density at radius 3 is 2.35 bits per heavy atom. The quantitative estimate of drug-likeness (QED) is 0.670. The monoisotopic (exact) mass is 451 g/mol. The summed E-state index contributed by atoms with van der Waals surface area (Å²) < 4.78 is 49.1. The van der Waals surface area contributed by atoms with Gasteiger partial charge in [0, 0.05) is 59.1 Å². The van der Waals surface area contributed by atoms with E-state index < -0.39 is 35.8 Å². The van der Waals surface area contributed by atoms with Crippen molar-refractivity contribution in [1.82, 2.24) is 15.2 Å². The van der Waals surface area contributed by atoms with E-state index in [1.165, 1.54) is 0 Å². The molecule has 0 bridgehead atoms. The van der Waals surface area contributed by atoms with E-state index in [2.05, 4.69) is 9.88 Å². The SMILES string of the molecule is O=C(NC(CF)Cc1ccc(-c2ccc(CN3CC4(C3)CS(=O)C4)nc2)cc1)C(F)F. The lowest BCUT2D eigenvalue weighted by Gasteiger charge is -2.54. The van der Waals surface area contributed by atoms with E-state index >= 15 is 0 Å². The molecule has 3 heterocycles. The van der Waals surface area contributed by atoms with Crippen LogP contribution in [0.25, 0.3) is 11.1 Å². The number of nitrogens with one attached hydrogen (secondary N) is 1. The number of amides is 1. The van der Waals surface area contributed by atoms with Gasteiger partial charge in [-0.15, -0.1) is 0 Å². The lowest BCUT2D eigenvalue weighted by molar-refractivity contribution is -0.132. The third-order valence-electron chi connectivity index (χ3n) is 5.76. The molecule has 1 aromatic carbocycles. The van der Waals surface area contributed by atoms with Crippen molar-refractivity contribution in [3.05, 3.63) is 53.9 Å². The molecule has 2 fully saturated rings. The molecule has 2 aromatic rings. The Kier molecular flexibility index (Phi) is 6.43. The van der Waals surface area contributed by atoms with Crippen molar-refractivity contribution in [2.45, 2.75) is 25.4 Å². The summed E-state index contributed by atoms with van der Waals surface area (Å²) in [6, 6.07) is 10.3. The van der Waals surface area contributed by atoms with Crippen LogP contribution in [0, 0.1) is 5.41 Å². The number of alkyl halides is 3. The Bertz CT molecular complexity index is 937. The van der Waals surface area contributed by atoms with Gasteiger partial charge in [-0.3, -0.25) is 18.9 Å². The number of benzene rings is 1. The Morgan fingerprint density at radius 1 is 1.13 bits per heavy atom. The minimum atomic E-state index is -3.15. The van der Waals surface area contributed by atoms with E-state index in [9.17, 15) is 22.2 Å². The lowest BCUT2D eigenvalue weighted by atomic mass is 9.83. The standard InChI is InChI=1S/C22H24F3N3O2S/c23-8-19(27-21(29)20(24)25)7-15-1-3-16(4-2-15)17-5-6-18(26-9-17)10-28-11-22(12-28)13-31(30)14-22/h1-6,9,19-20H,7-8,10-14H2,(H,27,29). The van der Waals surface area contributed by atoms with Crippen molar-refractivity contribution in [3.8, 4) is 11.1 Å². The number of likely N-dealkylation sites (tertiary alicyclic amines) is 1. The summed E-state index contributed by atoms with van der Waals surface area (Å²) in [5, 5.41) is 2.01. The molecule has 2 aliphatic rings. The van der Waals surface area contributed by atoms with Crippen LogP contribution in [0.2, 0.25) is 0 Å². The summed E-state index contributed by atoms with van der Waals surface area (Å²) >= 11 is 0. The fraction of sp³-hybridized carbons (Fsp3) is 0.455. The largest absolute Gasteiger partial charge is 0.345 e. The minimum Gasteiger partial charge on any atom is -0.345 e. The summed E-state index contributed by atoms with van der Waals surface area (Å²) in [5.41, 5.74) is 3.90. The Balaban J connectivity index is 1.30. The van der Waals surface area contributed by atoms with E-state index in [4.69, 9.17) is 0 Å². The maximum absolute atomic E-state index is 13.1. The third-order valence-corrected chi connectivity index (χ3v) is 7.63. The van der Waals surface area contributed by atoms with Gasteiger partial charge < -0.3 is 5.32 Å². The molecule has 31 heavy (non-hydrogen) atoms. The van der Waals surface area contributed by atoms with E-state index in [1.54, 1.807) is 12.1 Å². The molecular formula is C22H24F3N3O2S. The highest BCUT2D eigenvalue weighted by atomic mass is 32.2. The number of rotatable bonds is 8. The second-order valence-corrected chi connectivity index (χ2v) is 9.93. The second kappa shape index (κ2) is 9.08.